The number of rotatable bonds is 6. The lowest BCUT2D eigenvalue weighted by Gasteiger charge is -2.31. The molecule has 1 aromatic heterocycles. The van der Waals surface area contributed by atoms with Gasteiger partial charge in [0.15, 0.2) is 0 Å². The van der Waals surface area contributed by atoms with E-state index in [0.29, 0.717) is 0 Å². The summed E-state index contributed by atoms with van der Waals surface area (Å²) in [7, 11) is 2.03. The maximum absolute atomic E-state index is 6.22. The first-order valence-electron chi connectivity index (χ1n) is 9.38. The third-order valence-electron chi connectivity index (χ3n) is 5.42. The van der Waals surface area contributed by atoms with E-state index in [1.165, 1.54) is 12.8 Å². The fraction of sp³-hybridized carbons (Fsp3) is 0.700. The molecule has 0 radical (unpaired) electrons. The van der Waals surface area contributed by atoms with Crippen LogP contribution in [0, 0.1) is 18.8 Å². The standard InChI is InChI=1S/C20H31BrN2OS/c1-6-23(5)19(25)12-16-11-18(21)20(22-14(16)4)24-17-9-7-15(8-10-17)13(2)3/h11,13,15,17H,6-10,12H2,1-5H3. The molecule has 0 saturated heterocycles. The molecule has 0 spiro atoms. The molecule has 0 bridgehead atoms. The quantitative estimate of drug-likeness (QED) is 0.555. The van der Waals surface area contributed by atoms with Gasteiger partial charge in [-0.15, -0.1) is 0 Å². The molecule has 25 heavy (non-hydrogen) atoms. The fourth-order valence-electron chi connectivity index (χ4n) is 3.36. The van der Waals surface area contributed by atoms with Gasteiger partial charge in [-0.05, 0) is 78.9 Å². The van der Waals surface area contributed by atoms with Gasteiger partial charge in [-0.2, -0.15) is 0 Å². The Morgan fingerprint density at radius 3 is 2.56 bits per heavy atom. The zero-order chi connectivity index (χ0) is 18.6. The number of pyridine rings is 1. The molecule has 0 amide bonds. The van der Waals surface area contributed by atoms with Crippen molar-refractivity contribution in [1.82, 2.24) is 9.88 Å². The number of aromatic nitrogens is 1. The van der Waals surface area contributed by atoms with Crippen LogP contribution in [-0.2, 0) is 6.42 Å². The minimum absolute atomic E-state index is 0.288. The number of nitrogens with zero attached hydrogens (tertiary/aromatic N) is 2. The van der Waals surface area contributed by atoms with Gasteiger partial charge in [0.1, 0.15) is 6.10 Å². The summed E-state index contributed by atoms with van der Waals surface area (Å²) in [5.41, 5.74) is 2.16. The van der Waals surface area contributed by atoms with Crippen LogP contribution in [0.15, 0.2) is 10.5 Å². The second-order valence-corrected chi connectivity index (χ2v) is 8.83. The number of hydrogen-bond donors (Lipinski definition) is 0. The maximum atomic E-state index is 6.22. The molecule has 1 fully saturated rings. The number of hydrogen-bond acceptors (Lipinski definition) is 3. The van der Waals surface area contributed by atoms with E-state index in [-0.39, 0.29) is 6.10 Å². The summed E-state index contributed by atoms with van der Waals surface area (Å²) >= 11 is 9.15. The van der Waals surface area contributed by atoms with Crippen LogP contribution in [0.3, 0.4) is 0 Å². The molecular weight excluding hydrogens is 396 g/mol. The Morgan fingerprint density at radius 1 is 1.36 bits per heavy atom. The van der Waals surface area contributed by atoms with Crippen LogP contribution in [0.4, 0.5) is 0 Å². The second kappa shape index (κ2) is 9.31. The third-order valence-corrected chi connectivity index (χ3v) is 6.45. The SMILES string of the molecule is CCN(C)C(=S)Cc1cc(Br)c(OC2CCC(C(C)C)CC2)nc1C. The summed E-state index contributed by atoms with van der Waals surface area (Å²) in [4.78, 5) is 7.75. The van der Waals surface area contributed by atoms with E-state index >= 15 is 0 Å². The zero-order valence-corrected chi connectivity index (χ0v) is 18.5. The van der Waals surface area contributed by atoms with Crippen LogP contribution in [-0.4, -0.2) is 34.6 Å². The van der Waals surface area contributed by atoms with E-state index in [2.05, 4.69) is 47.7 Å². The molecule has 1 aliphatic rings. The summed E-state index contributed by atoms with van der Waals surface area (Å²) in [6.07, 6.45) is 5.81. The van der Waals surface area contributed by atoms with Crippen LogP contribution >= 0.6 is 28.1 Å². The lowest BCUT2D eigenvalue weighted by atomic mass is 9.80. The first-order valence-corrected chi connectivity index (χ1v) is 10.6. The van der Waals surface area contributed by atoms with Crippen molar-refractivity contribution in [2.45, 2.75) is 65.9 Å². The Balaban J connectivity index is 2.01. The van der Waals surface area contributed by atoms with Crippen LogP contribution in [0.2, 0.25) is 0 Å². The van der Waals surface area contributed by atoms with Crippen molar-refractivity contribution in [3.05, 3.63) is 21.8 Å². The number of aryl methyl sites for hydroxylation is 1. The van der Waals surface area contributed by atoms with E-state index in [1.807, 2.05) is 14.0 Å². The van der Waals surface area contributed by atoms with Crippen LogP contribution in [0.25, 0.3) is 0 Å². The van der Waals surface area contributed by atoms with Gasteiger partial charge < -0.3 is 9.64 Å². The molecule has 1 aromatic rings. The average molecular weight is 427 g/mol. The Hall–Kier alpha value is -0.680. The molecule has 1 aliphatic carbocycles. The van der Waals surface area contributed by atoms with Gasteiger partial charge in [0.2, 0.25) is 5.88 Å². The van der Waals surface area contributed by atoms with Crippen molar-refractivity contribution in [2.24, 2.45) is 11.8 Å². The van der Waals surface area contributed by atoms with Gasteiger partial charge in [0, 0.05) is 25.7 Å². The Bertz CT molecular complexity index is 598. The minimum atomic E-state index is 0.288. The normalized spacial score (nSPS) is 20.6. The summed E-state index contributed by atoms with van der Waals surface area (Å²) < 4.78 is 7.15. The fourth-order valence-corrected chi connectivity index (χ4v) is 4.11. The first-order chi connectivity index (χ1) is 11.8. The predicted octanol–water partition coefficient (Wildman–Crippen LogP) is 5.57. The van der Waals surface area contributed by atoms with Crippen molar-refractivity contribution in [3.63, 3.8) is 0 Å². The maximum Gasteiger partial charge on any atom is 0.228 e. The van der Waals surface area contributed by atoms with E-state index in [4.69, 9.17) is 21.9 Å². The largest absolute Gasteiger partial charge is 0.474 e. The minimum Gasteiger partial charge on any atom is -0.474 e. The Labute approximate surface area is 166 Å². The molecule has 5 heteroatoms. The number of ether oxygens (including phenoxy) is 1. The molecule has 1 saturated carbocycles. The smallest absolute Gasteiger partial charge is 0.228 e. The van der Waals surface area contributed by atoms with Crippen LogP contribution in [0.5, 0.6) is 5.88 Å². The number of thiocarbonyl (C=S) groups is 1. The summed E-state index contributed by atoms with van der Waals surface area (Å²) in [6.45, 7) is 9.73. The molecule has 2 rings (SSSR count). The first kappa shape index (κ1) is 20.6. The molecular formula is C20H31BrN2OS. The summed E-state index contributed by atoms with van der Waals surface area (Å²) in [5, 5.41) is 0. The highest BCUT2D eigenvalue weighted by Gasteiger charge is 2.25. The van der Waals surface area contributed by atoms with Crippen molar-refractivity contribution in [1.29, 1.82) is 0 Å². The highest BCUT2D eigenvalue weighted by molar-refractivity contribution is 9.10. The highest BCUT2D eigenvalue weighted by Crippen LogP contribution is 2.34. The monoisotopic (exact) mass is 426 g/mol. The van der Waals surface area contributed by atoms with Crippen molar-refractivity contribution >= 4 is 33.1 Å². The van der Waals surface area contributed by atoms with Gasteiger partial charge in [0.25, 0.3) is 0 Å². The van der Waals surface area contributed by atoms with Crippen molar-refractivity contribution in [3.8, 4) is 5.88 Å². The lowest BCUT2D eigenvalue weighted by Crippen LogP contribution is -2.27. The lowest BCUT2D eigenvalue weighted by molar-refractivity contribution is 0.111. The second-order valence-electron chi connectivity index (χ2n) is 7.50. The van der Waals surface area contributed by atoms with Crippen LogP contribution < -0.4 is 4.74 Å². The van der Waals surface area contributed by atoms with E-state index in [1.54, 1.807) is 0 Å². The molecule has 0 unspecified atom stereocenters. The average Bonchev–Trinajstić information content (AvgIpc) is 2.58. The zero-order valence-electron chi connectivity index (χ0n) is 16.1. The van der Waals surface area contributed by atoms with E-state index in [0.717, 1.165) is 64.2 Å². The molecule has 0 aliphatic heterocycles. The predicted molar refractivity (Wildman–Crippen MR) is 112 cm³/mol. The Kier molecular flexibility index (Phi) is 7.68. The van der Waals surface area contributed by atoms with E-state index in [9.17, 15) is 0 Å². The van der Waals surface area contributed by atoms with Gasteiger partial charge in [-0.25, -0.2) is 4.98 Å². The molecule has 3 nitrogen and oxygen atoms in total. The topological polar surface area (TPSA) is 25.4 Å². The Morgan fingerprint density at radius 2 is 2.00 bits per heavy atom. The van der Waals surface area contributed by atoms with Gasteiger partial charge in [-0.3, -0.25) is 0 Å². The highest BCUT2D eigenvalue weighted by atomic mass is 79.9. The van der Waals surface area contributed by atoms with E-state index < -0.39 is 0 Å². The van der Waals surface area contributed by atoms with Crippen molar-refractivity contribution < 1.29 is 4.74 Å². The molecule has 140 valence electrons. The summed E-state index contributed by atoms with van der Waals surface area (Å²) in [6, 6.07) is 2.12. The molecule has 1 heterocycles. The molecule has 0 atom stereocenters. The van der Waals surface area contributed by atoms with Gasteiger partial charge in [0.05, 0.1) is 9.46 Å². The number of halogens is 1. The third kappa shape index (κ3) is 5.65. The van der Waals surface area contributed by atoms with Crippen LogP contribution in [0.1, 0.15) is 57.7 Å². The number of likely N-dealkylation sites (N-methyl/N-ethyl adjacent to an activating group) is 1. The molecule has 0 aromatic carbocycles. The van der Waals surface area contributed by atoms with Gasteiger partial charge in [-0.1, -0.05) is 26.1 Å². The molecule has 0 N–H and O–H groups in total. The van der Waals surface area contributed by atoms with Crippen molar-refractivity contribution in [2.75, 3.05) is 13.6 Å². The van der Waals surface area contributed by atoms with Gasteiger partial charge >= 0.3 is 0 Å². The summed E-state index contributed by atoms with van der Waals surface area (Å²) in [5.74, 6) is 2.35.